The van der Waals surface area contributed by atoms with E-state index < -0.39 is 17.8 Å². The number of rotatable bonds is 8. The average molecular weight is 603 g/mol. The molecule has 214 valence electrons. The molecule has 0 unspecified atom stereocenters. The van der Waals surface area contributed by atoms with E-state index in [0.29, 0.717) is 43.2 Å². The fraction of sp³-hybridized carbons (Fsp3) is 0.241. The number of alkyl halides is 3. The van der Waals surface area contributed by atoms with Crippen molar-refractivity contribution in [1.29, 1.82) is 0 Å². The maximum absolute atomic E-state index is 13.5. The number of amides is 1. The first kappa shape index (κ1) is 30.2. The summed E-state index contributed by atoms with van der Waals surface area (Å²) in [5.74, 6) is -0.770. The van der Waals surface area contributed by atoms with E-state index in [-0.39, 0.29) is 28.0 Å². The number of carbonyl (C=O) groups is 1. The Morgan fingerprint density at radius 3 is 2.49 bits per heavy atom. The lowest BCUT2D eigenvalue weighted by molar-refractivity contribution is -0.141. The van der Waals surface area contributed by atoms with E-state index in [4.69, 9.17) is 28.9 Å². The van der Waals surface area contributed by atoms with E-state index in [1.807, 2.05) is 24.3 Å². The van der Waals surface area contributed by atoms with Gasteiger partial charge in [0.15, 0.2) is 0 Å². The van der Waals surface area contributed by atoms with Crippen LogP contribution in [0.15, 0.2) is 77.5 Å². The Kier molecular flexibility index (Phi) is 9.80. The van der Waals surface area contributed by atoms with Gasteiger partial charge in [-0.2, -0.15) is 13.2 Å². The van der Waals surface area contributed by atoms with Crippen molar-refractivity contribution in [3.05, 3.63) is 106 Å². The molecular weight excluding hydrogens is 576 g/mol. The summed E-state index contributed by atoms with van der Waals surface area (Å²) in [6.45, 7) is 5.91. The Morgan fingerprint density at radius 1 is 1.15 bits per heavy atom. The van der Waals surface area contributed by atoms with Crippen LogP contribution in [0.2, 0.25) is 5.15 Å². The number of hydrogen-bond donors (Lipinski definition) is 2. The molecule has 0 saturated carbocycles. The zero-order chi connectivity index (χ0) is 29.6. The van der Waals surface area contributed by atoms with Gasteiger partial charge in [-0.25, -0.2) is 9.97 Å². The minimum Gasteiger partial charge on any atom is -0.403 e. The number of carbonyl (C=O) groups excluding carboxylic acids is 1. The second-order valence-electron chi connectivity index (χ2n) is 9.45. The van der Waals surface area contributed by atoms with Crippen molar-refractivity contribution in [2.45, 2.75) is 31.5 Å². The second kappa shape index (κ2) is 13.3. The largest absolute Gasteiger partial charge is 0.433 e. The summed E-state index contributed by atoms with van der Waals surface area (Å²) >= 11 is 11.7. The molecule has 1 aromatic carbocycles. The van der Waals surface area contributed by atoms with Gasteiger partial charge >= 0.3 is 6.18 Å². The number of pyridine rings is 2. The summed E-state index contributed by atoms with van der Waals surface area (Å²) in [5, 5.41) is 3.15. The molecule has 0 radical (unpaired) electrons. The summed E-state index contributed by atoms with van der Waals surface area (Å²) < 4.78 is 40.5. The first-order valence-electron chi connectivity index (χ1n) is 12.7. The van der Waals surface area contributed by atoms with Crippen molar-refractivity contribution in [3.8, 4) is 0 Å². The molecule has 41 heavy (non-hydrogen) atoms. The number of aliphatic imine (C=N–C) groups is 1. The Labute approximate surface area is 245 Å². The molecule has 1 saturated heterocycles. The highest BCUT2D eigenvalue weighted by atomic mass is 35.5. The monoisotopic (exact) mass is 602 g/mol. The number of nitrogens with two attached hydrogens (primary N) is 1. The van der Waals surface area contributed by atoms with Crippen LogP contribution in [0.1, 0.15) is 51.6 Å². The Bertz CT molecular complexity index is 1470. The highest BCUT2D eigenvalue weighted by Crippen LogP contribution is 2.36. The topological polar surface area (TPSA) is 96.5 Å². The van der Waals surface area contributed by atoms with Crippen molar-refractivity contribution < 1.29 is 18.0 Å². The number of aromatic nitrogens is 2. The normalized spacial score (nSPS) is 15.3. The number of hydrogen-bond acceptors (Lipinski definition) is 6. The number of nitrogens with zero attached hydrogens (tertiary/aromatic N) is 4. The summed E-state index contributed by atoms with van der Waals surface area (Å²) in [4.78, 5) is 27.0. The van der Waals surface area contributed by atoms with Gasteiger partial charge in [-0.05, 0) is 61.3 Å². The van der Waals surface area contributed by atoms with Crippen LogP contribution < -0.4 is 11.1 Å². The molecule has 0 spiro atoms. The molecule has 1 aliphatic heterocycles. The molecule has 1 amide bonds. The quantitative estimate of drug-likeness (QED) is 0.217. The minimum atomic E-state index is -4.60. The molecule has 7 nitrogen and oxygen atoms in total. The van der Waals surface area contributed by atoms with Crippen molar-refractivity contribution in [1.82, 2.24) is 14.9 Å². The third kappa shape index (κ3) is 8.16. The van der Waals surface area contributed by atoms with E-state index in [9.17, 15) is 18.0 Å². The highest BCUT2D eigenvalue weighted by Gasteiger charge is 2.34. The lowest BCUT2D eigenvalue weighted by Gasteiger charge is -2.32. The molecule has 4 rings (SSSR count). The van der Waals surface area contributed by atoms with Crippen LogP contribution in [-0.2, 0) is 12.7 Å². The van der Waals surface area contributed by atoms with Crippen LogP contribution in [0.5, 0.6) is 0 Å². The number of halogens is 5. The molecule has 0 atom stereocenters. The highest BCUT2D eigenvalue weighted by molar-refractivity contribution is 6.39. The molecule has 0 aliphatic carbocycles. The maximum Gasteiger partial charge on any atom is 0.433 e. The number of likely N-dealkylation sites (tertiary alicyclic amines) is 1. The Balaban J connectivity index is 1.43. The number of allylic oxidation sites excluding steroid dienone is 1. The molecule has 3 heterocycles. The van der Waals surface area contributed by atoms with Gasteiger partial charge in [0.25, 0.3) is 5.91 Å². The van der Waals surface area contributed by atoms with Gasteiger partial charge in [-0.3, -0.25) is 14.7 Å². The molecule has 0 bridgehead atoms. The van der Waals surface area contributed by atoms with E-state index in [1.54, 1.807) is 0 Å². The van der Waals surface area contributed by atoms with E-state index in [2.05, 4.69) is 31.8 Å². The van der Waals surface area contributed by atoms with Crippen molar-refractivity contribution >= 4 is 46.7 Å². The van der Waals surface area contributed by atoms with Crippen LogP contribution in [0.4, 0.5) is 18.9 Å². The van der Waals surface area contributed by atoms with Crippen molar-refractivity contribution in [3.63, 3.8) is 0 Å². The molecule has 1 aliphatic rings. The summed E-state index contributed by atoms with van der Waals surface area (Å²) in [6.07, 6.45) is 0.603. The Hall–Kier alpha value is -3.73. The van der Waals surface area contributed by atoms with E-state index >= 15 is 0 Å². The number of benzene rings is 1. The summed E-state index contributed by atoms with van der Waals surface area (Å²) in [6, 6.07) is 12.8. The molecular formula is C29H27Cl2F3N6O. The first-order chi connectivity index (χ1) is 19.5. The molecule has 1 fully saturated rings. The Morgan fingerprint density at radius 2 is 1.85 bits per heavy atom. The smallest absolute Gasteiger partial charge is 0.403 e. The van der Waals surface area contributed by atoms with Crippen molar-refractivity contribution in [2.75, 3.05) is 18.4 Å². The van der Waals surface area contributed by atoms with Gasteiger partial charge in [0.2, 0.25) is 0 Å². The molecule has 3 N–H and O–H groups in total. The van der Waals surface area contributed by atoms with Gasteiger partial charge in [-0.1, -0.05) is 54.0 Å². The zero-order valence-electron chi connectivity index (χ0n) is 21.8. The number of anilines is 1. The first-order valence-corrected chi connectivity index (χ1v) is 13.4. The number of piperidine rings is 1. The zero-order valence-corrected chi connectivity index (χ0v) is 23.3. The lowest BCUT2D eigenvalue weighted by Crippen LogP contribution is -2.33. The second-order valence-corrected chi connectivity index (χ2v) is 10.3. The standard InChI is InChI=1S/C29H27Cl2F3N6O/c1-18(37-16-23(30)15-35)20-4-2-19(3-5-20)17-40-12-9-21(10-13-40)27-24(6-7-25(39-27)29(32,33)34)38-28(41)22-8-11-36-26(31)14-22/h2-8,11,14-16,21H,1,9-10,12-13,17,35H2,(H,38,41)/b23-15+,37-16-. The fourth-order valence-electron chi connectivity index (χ4n) is 4.47. The molecule has 12 heteroatoms. The number of nitrogens with one attached hydrogen (secondary N) is 1. The van der Waals surface area contributed by atoms with Crippen LogP contribution in [0, 0.1) is 0 Å². The van der Waals surface area contributed by atoms with Crippen molar-refractivity contribution in [2.24, 2.45) is 10.7 Å². The fourth-order valence-corrected chi connectivity index (χ4v) is 4.69. The maximum atomic E-state index is 13.5. The lowest BCUT2D eigenvalue weighted by atomic mass is 9.91. The predicted octanol–water partition coefficient (Wildman–Crippen LogP) is 6.86. The van der Waals surface area contributed by atoms with Crippen LogP contribution in [-0.4, -0.2) is 40.1 Å². The van der Waals surface area contributed by atoms with Crippen LogP contribution in [0.25, 0.3) is 5.70 Å². The average Bonchev–Trinajstić information content (AvgIpc) is 2.96. The molecule has 3 aromatic rings. The van der Waals surface area contributed by atoms with Gasteiger partial charge in [0, 0.05) is 36.6 Å². The summed E-state index contributed by atoms with van der Waals surface area (Å²) in [5.41, 5.74) is 7.50. The van der Waals surface area contributed by atoms with E-state index in [0.717, 1.165) is 17.2 Å². The van der Waals surface area contributed by atoms with Gasteiger partial charge in [0.05, 0.1) is 22.1 Å². The van der Waals surface area contributed by atoms with Gasteiger partial charge in [-0.15, -0.1) is 0 Å². The van der Waals surface area contributed by atoms with Gasteiger partial charge < -0.3 is 11.1 Å². The third-order valence-corrected chi connectivity index (χ3v) is 7.05. The van der Waals surface area contributed by atoms with Crippen LogP contribution >= 0.6 is 23.2 Å². The predicted molar refractivity (Wildman–Crippen MR) is 156 cm³/mol. The van der Waals surface area contributed by atoms with Gasteiger partial charge in [0.1, 0.15) is 10.8 Å². The van der Waals surface area contributed by atoms with Crippen LogP contribution in [0.3, 0.4) is 0 Å². The van der Waals surface area contributed by atoms with E-state index in [1.165, 1.54) is 36.8 Å². The summed E-state index contributed by atoms with van der Waals surface area (Å²) in [7, 11) is 0. The SMILES string of the molecule is C=C(/N=C\C(Cl)=C/N)c1ccc(CN2CCC(c3nc(C(F)(F)F)ccc3NC(=O)c3ccnc(Cl)c3)CC2)cc1. The third-order valence-electron chi connectivity index (χ3n) is 6.62. The minimum absolute atomic E-state index is 0.133. The molecule has 2 aromatic heterocycles.